The molecule has 104 valence electrons. The molecule has 1 N–H and O–H groups in total. The summed E-state index contributed by atoms with van der Waals surface area (Å²) in [6.45, 7) is 5.55. The number of carbonyl (C=O) groups is 1. The van der Waals surface area contributed by atoms with Crippen LogP contribution < -0.4 is 10.1 Å². The molecule has 1 aromatic rings. The number of benzene rings is 1. The van der Waals surface area contributed by atoms with Gasteiger partial charge >= 0.3 is 0 Å². The average Bonchev–Trinajstić information content (AvgIpc) is 2.69. The normalized spacial score (nSPS) is 16.0. The first-order valence-corrected chi connectivity index (χ1v) is 6.82. The first-order valence-electron chi connectivity index (χ1n) is 6.82. The second-order valence-corrected chi connectivity index (χ2v) is 4.98. The maximum atomic E-state index is 12.3. The topological polar surface area (TPSA) is 41.6 Å². The van der Waals surface area contributed by atoms with E-state index < -0.39 is 0 Å². The van der Waals surface area contributed by atoms with Crippen LogP contribution in [-0.4, -0.2) is 44.1 Å². The lowest BCUT2D eigenvalue weighted by Gasteiger charge is -2.20. The number of carbonyl (C=O) groups excluding carboxylic acids is 1. The predicted molar refractivity (Wildman–Crippen MR) is 75.5 cm³/mol. The fourth-order valence-corrected chi connectivity index (χ4v) is 2.37. The highest BCUT2D eigenvalue weighted by atomic mass is 16.5. The van der Waals surface area contributed by atoms with Gasteiger partial charge in [0, 0.05) is 25.2 Å². The molecule has 0 bridgehead atoms. The Morgan fingerprint density at radius 1 is 1.37 bits per heavy atom. The van der Waals surface area contributed by atoms with E-state index >= 15 is 0 Å². The van der Waals surface area contributed by atoms with Gasteiger partial charge < -0.3 is 15.0 Å². The van der Waals surface area contributed by atoms with E-state index in [0.29, 0.717) is 6.42 Å². The minimum atomic E-state index is 0.186. The molecular formula is C15H22N2O2. The number of aryl methyl sites for hydroxylation is 1. The lowest BCUT2D eigenvalue weighted by molar-refractivity contribution is -0.130. The van der Waals surface area contributed by atoms with E-state index in [1.807, 2.05) is 30.0 Å². The van der Waals surface area contributed by atoms with Crippen LogP contribution in [0.3, 0.4) is 0 Å². The van der Waals surface area contributed by atoms with Crippen LogP contribution in [0.25, 0.3) is 0 Å². The van der Waals surface area contributed by atoms with Crippen molar-refractivity contribution in [3.8, 4) is 5.75 Å². The van der Waals surface area contributed by atoms with Gasteiger partial charge in [0.1, 0.15) is 5.75 Å². The number of nitrogens with zero attached hydrogens (tertiary/aromatic N) is 1. The highest BCUT2D eigenvalue weighted by Gasteiger charge is 2.17. The Kier molecular flexibility index (Phi) is 4.80. The van der Waals surface area contributed by atoms with Crippen molar-refractivity contribution in [1.29, 1.82) is 0 Å². The fourth-order valence-electron chi connectivity index (χ4n) is 2.37. The first kappa shape index (κ1) is 13.9. The molecule has 1 aromatic carbocycles. The van der Waals surface area contributed by atoms with Crippen LogP contribution in [0.1, 0.15) is 17.5 Å². The minimum absolute atomic E-state index is 0.186. The van der Waals surface area contributed by atoms with Crippen molar-refractivity contribution < 1.29 is 9.53 Å². The Bertz CT molecular complexity index is 438. The minimum Gasteiger partial charge on any atom is -0.496 e. The third-order valence-corrected chi connectivity index (χ3v) is 3.48. The molecule has 0 atom stereocenters. The molecule has 1 aliphatic rings. The number of nitrogens with one attached hydrogen (secondary N) is 1. The van der Waals surface area contributed by atoms with Crippen LogP contribution in [0.15, 0.2) is 18.2 Å². The first-order chi connectivity index (χ1) is 9.20. The van der Waals surface area contributed by atoms with Gasteiger partial charge in [-0.1, -0.05) is 12.1 Å². The Morgan fingerprint density at radius 3 is 3.00 bits per heavy atom. The largest absolute Gasteiger partial charge is 0.496 e. The molecule has 0 radical (unpaired) electrons. The Hall–Kier alpha value is -1.55. The van der Waals surface area contributed by atoms with E-state index in [2.05, 4.69) is 5.32 Å². The smallest absolute Gasteiger partial charge is 0.227 e. The van der Waals surface area contributed by atoms with E-state index in [1.54, 1.807) is 7.11 Å². The maximum absolute atomic E-state index is 12.3. The summed E-state index contributed by atoms with van der Waals surface area (Å²) in [5.74, 6) is 0.993. The van der Waals surface area contributed by atoms with E-state index in [-0.39, 0.29) is 5.91 Å². The van der Waals surface area contributed by atoms with Crippen molar-refractivity contribution in [2.75, 3.05) is 33.3 Å². The maximum Gasteiger partial charge on any atom is 0.227 e. The fraction of sp³-hybridized carbons (Fsp3) is 0.533. The third-order valence-electron chi connectivity index (χ3n) is 3.48. The molecule has 2 rings (SSSR count). The summed E-state index contributed by atoms with van der Waals surface area (Å²) >= 11 is 0. The SMILES string of the molecule is COc1cc(C)ccc1CC(=O)N1CCCNCC1. The molecule has 0 spiro atoms. The molecule has 0 unspecified atom stereocenters. The Morgan fingerprint density at radius 2 is 2.21 bits per heavy atom. The van der Waals surface area contributed by atoms with Crippen molar-refractivity contribution in [2.24, 2.45) is 0 Å². The van der Waals surface area contributed by atoms with E-state index in [0.717, 1.165) is 49.5 Å². The van der Waals surface area contributed by atoms with Crippen molar-refractivity contribution in [3.05, 3.63) is 29.3 Å². The summed E-state index contributed by atoms with van der Waals surface area (Å²) in [5, 5.41) is 3.31. The Balaban J connectivity index is 2.05. The van der Waals surface area contributed by atoms with Crippen LogP contribution in [0.4, 0.5) is 0 Å². The van der Waals surface area contributed by atoms with Crippen LogP contribution >= 0.6 is 0 Å². The lowest BCUT2D eigenvalue weighted by Crippen LogP contribution is -2.35. The summed E-state index contributed by atoms with van der Waals surface area (Å²) in [7, 11) is 1.65. The van der Waals surface area contributed by atoms with Gasteiger partial charge in [0.25, 0.3) is 0 Å². The highest BCUT2D eigenvalue weighted by molar-refractivity contribution is 5.79. The average molecular weight is 262 g/mol. The van der Waals surface area contributed by atoms with Gasteiger partial charge in [-0.15, -0.1) is 0 Å². The summed E-state index contributed by atoms with van der Waals surface area (Å²) in [6, 6.07) is 5.99. The molecular weight excluding hydrogens is 240 g/mol. The van der Waals surface area contributed by atoms with Gasteiger partial charge in [-0.2, -0.15) is 0 Å². The number of rotatable bonds is 3. The molecule has 1 amide bonds. The summed E-state index contributed by atoms with van der Waals surface area (Å²) in [5.41, 5.74) is 2.11. The van der Waals surface area contributed by atoms with Gasteiger partial charge in [-0.3, -0.25) is 4.79 Å². The zero-order valence-corrected chi connectivity index (χ0v) is 11.7. The van der Waals surface area contributed by atoms with Crippen molar-refractivity contribution in [1.82, 2.24) is 10.2 Å². The quantitative estimate of drug-likeness (QED) is 0.894. The second-order valence-electron chi connectivity index (χ2n) is 4.98. The lowest BCUT2D eigenvalue weighted by atomic mass is 10.1. The third kappa shape index (κ3) is 3.70. The van der Waals surface area contributed by atoms with Gasteiger partial charge in [-0.05, 0) is 31.5 Å². The molecule has 1 fully saturated rings. The number of ether oxygens (including phenoxy) is 1. The summed E-state index contributed by atoms with van der Waals surface area (Å²) < 4.78 is 5.36. The monoisotopic (exact) mass is 262 g/mol. The van der Waals surface area contributed by atoms with Crippen LogP contribution in [0.5, 0.6) is 5.75 Å². The number of amides is 1. The highest BCUT2D eigenvalue weighted by Crippen LogP contribution is 2.21. The predicted octanol–water partition coefficient (Wildman–Crippen LogP) is 1.37. The molecule has 1 saturated heterocycles. The molecule has 1 heterocycles. The van der Waals surface area contributed by atoms with Crippen LogP contribution in [0.2, 0.25) is 0 Å². The summed E-state index contributed by atoms with van der Waals surface area (Å²) in [6.07, 6.45) is 1.44. The molecule has 4 nitrogen and oxygen atoms in total. The van der Waals surface area contributed by atoms with Crippen LogP contribution in [-0.2, 0) is 11.2 Å². The number of methoxy groups -OCH3 is 1. The molecule has 0 saturated carbocycles. The van der Waals surface area contributed by atoms with Gasteiger partial charge in [0.15, 0.2) is 0 Å². The molecule has 1 aliphatic heterocycles. The van der Waals surface area contributed by atoms with Gasteiger partial charge in [0.2, 0.25) is 5.91 Å². The van der Waals surface area contributed by atoms with E-state index in [9.17, 15) is 4.79 Å². The number of hydrogen-bond acceptors (Lipinski definition) is 3. The van der Waals surface area contributed by atoms with Gasteiger partial charge in [0.05, 0.1) is 13.5 Å². The molecule has 4 heteroatoms. The van der Waals surface area contributed by atoms with Gasteiger partial charge in [-0.25, -0.2) is 0 Å². The second kappa shape index (κ2) is 6.57. The zero-order chi connectivity index (χ0) is 13.7. The standard InChI is InChI=1S/C15H22N2O2/c1-12-4-5-13(14(10-12)19-2)11-15(18)17-8-3-6-16-7-9-17/h4-5,10,16H,3,6-9,11H2,1-2H3. The zero-order valence-electron chi connectivity index (χ0n) is 11.7. The molecule has 19 heavy (non-hydrogen) atoms. The number of hydrogen-bond donors (Lipinski definition) is 1. The molecule has 0 aliphatic carbocycles. The summed E-state index contributed by atoms with van der Waals surface area (Å²) in [4.78, 5) is 14.3. The molecule has 0 aromatic heterocycles. The van der Waals surface area contributed by atoms with Crippen molar-refractivity contribution in [2.45, 2.75) is 19.8 Å². The van der Waals surface area contributed by atoms with E-state index in [1.165, 1.54) is 0 Å². The van der Waals surface area contributed by atoms with Crippen molar-refractivity contribution >= 4 is 5.91 Å². The Labute approximate surface area is 114 Å². The van der Waals surface area contributed by atoms with E-state index in [4.69, 9.17) is 4.74 Å². The van der Waals surface area contributed by atoms with Crippen molar-refractivity contribution in [3.63, 3.8) is 0 Å². The van der Waals surface area contributed by atoms with Crippen LogP contribution in [0, 0.1) is 6.92 Å².